The fraction of sp³-hybridized carbons (Fsp3) is 0.154. The maximum atomic E-state index is 13.9. The molecule has 3 aromatic carbocycles. The number of benzene rings is 3. The van der Waals surface area contributed by atoms with Crippen molar-refractivity contribution in [2.24, 2.45) is 0 Å². The molecule has 1 atom stereocenters. The molecule has 1 fully saturated rings. The summed E-state index contributed by atoms with van der Waals surface area (Å²) >= 11 is 0. The molecular formula is C26H20F3N3O3. The van der Waals surface area contributed by atoms with Gasteiger partial charge in [0.1, 0.15) is 35.5 Å². The van der Waals surface area contributed by atoms with Crippen molar-refractivity contribution in [2.75, 3.05) is 13.2 Å². The minimum atomic E-state index is -0.799. The highest BCUT2D eigenvalue weighted by Crippen LogP contribution is 2.35. The van der Waals surface area contributed by atoms with Gasteiger partial charge in [0.25, 0.3) is 5.91 Å². The van der Waals surface area contributed by atoms with Gasteiger partial charge in [0.05, 0.1) is 5.69 Å². The summed E-state index contributed by atoms with van der Waals surface area (Å²) in [5.41, 5.74) is 2.52. The third kappa shape index (κ3) is 4.76. The van der Waals surface area contributed by atoms with Crippen LogP contribution in [0.15, 0.2) is 72.9 Å². The lowest BCUT2D eigenvalue weighted by atomic mass is 10.1. The second kappa shape index (κ2) is 9.27. The summed E-state index contributed by atoms with van der Waals surface area (Å²) in [6.07, 6.45) is 1.27. The SMILES string of the molecule is O=C1CO[C@H](c2cn(-c3cc(F)cc(F)c3)nc2-c2ccc(F)cc2)N1CCc1ccc(O)cc1. The van der Waals surface area contributed by atoms with E-state index in [1.54, 1.807) is 35.4 Å². The zero-order valence-electron chi connectivity index (χ0n) is 18.4. The first-order valence-corrected chi connectivity index (χ1v) is 10.9. The Kier molecular flexibility index (Phi) is 6.00. The lowest BCUT2D eigenvalue weighted by Gasteiger charge is -2.23. The Morgan fingerprint density at radius 2 is 1.63 bits per heavy atom. The predicted molar refractivity (Wildman–Crippen MR) is 121 cm³/mol. The van der Waals surface area contributed by atoms with Gasteiger partial charge in [-0.05, 0) is 60.5 Å². The largest absolute Gasteiger partial charge is 0.508 e. The van der Waals surface area contributed by atoms with Crippen LogP contribution in [0.25, 0.3) is 16.9 Å². The maximum Gasteiger partial charge on any atom is 0.250 e. The molecule has 1 aliphatic rings. The Morgan fingerprint density at radius 3 is 2.31 bits per heavy atom. The molecule has 0 saturated carbocycles. The van der Waals surface area contributed by atoms with Crippen molar-refractivity contribution in [3.8, 4) is 22.7 Å². The van der Waals surface area contributed by atoms with Crippen LogP contribution in [0.5, 0.6) is 5.75 Å². The van der Waals surface area contributed by atoms with Gasteiger partial charge >= 0.3 is 0 Å². The van der Waals surface area contributed by atoms with Crippen LogP contribution in [-0.2, 0) is 16.0 Å². The van der Waals surface area contributed by atoms with Gasteiger partial charge < -0.3 is 14.7 Å². The van der Waals surface area contributed by atoms with Gasteiger partial charge in [-0.3, -0.25) is 4.79 Å². The van der Waals surface area contributed by atoms with Crippen molar-refractivity contribution in [3.05, 3.63) is 102 Å². The number of aromatic hydroxyl groups is 1. The van der Waals surface area contributed by atoms with Crippen LogP contribution in [0.4, 0.5) is 13.2 Å². The van der Waals surface area contributed by atoms with Gasteiger partial charge in [0, 0.05) is 29.9 Å². The first kappa shape index (κ1) is 22.7. The molecule has 1 saturated heterocycles. The van der Waals surface area contributed by atoms with Crippen LogP contribution in [0, 0.1) is 17.5 Å². The van der Waals surface area contributed by atoms with Crippen molar-refractivity contribution < 1.29 is 27.8 Å². The minimum Gasteiger partial charge on any atom is -0.508 e. The molecule has 4 aromatic rings. The van der Waals surface area contributed by atoms with Crippen molar-refractivity contribution in [3.63, 3.8) is 0 Å². The number of hydrogen-bond donors (Lipinski definition) is 1. The van der Waals surface area contributed by atoms with E-state index in [1.807, 2.05) is 0 Å². The number of amides is 1. The fourth-order valence-electron chi connectivity index (χ4n) is 4.07. The molecule has 0 aliphatic carbocycles. The fourth-order valence-corrected chi connectivity index (χ4v) is 4.07. The van der Waals surface area contributed by atoms with Crippen LogP contribution in [0.1, 0.15) is 17.4 Å². The molecule has 1 aliphatic heterocycles. The molecule has 0 unspecified atom stereocenters. The number of nitrogens with zero attached hydrogens (tertiary/aromatic N) is 3. The number of hydrogen-bond acceptors (Lipinski definition) is 4. The third-order valence-corrected chi connectivity index (χ3v) is 5.78. The quantitative estimate of drug-likeness (QED) is 0.433. The van der Waals surface area contributed by atoms with E-state index in [2.05, 4.69) is 5.10 Å². The molecule has 0 bridgehead atoms. The number of carbonyl (C=O) groups is 1. The van der Waals surface area contributed by atoms with Crippen molar-refractivity contribution in [2.45, 2.75) is 12.6 Å². The predicted octanol–water partition coefficient (Wildman–Crippen LogP) is 4.76. The first-order chi connectivity index (χ1) is 16.9. The highest BCUT2D eigenvalue weighted by atomic mass is 19.1. The molecule has 6 nitrogen and oxygen atoms in total. The molecule has 0 spiro atoms. The summed E-state index contributed by atoms with van der Waals surface area (Å²) in [4.78, 5) is 14.2. The van der Waals surface area contributed by atoms with Crippen LogP contribution in [0.2, 0.25) is 0 Å². The van der Waals surface area contributed by atoms with E-state index >= 15 is 0 Å². The molecule has 0 radical (unpaired) electrons. The molecule has 35 heavy (non-hydrogen) atoms. The molecule has 1 amide bonds. The number of phenolic OH excluding ortho intramolecular Hbond substituents is 1. The Morgan fingerprint density at radius 1 is 0.943 bits per heavy atom. The van der Waals surface area contributed by atoms with Gasteiger partial charge in [-0.15, -0.1) is 0 Å². The number of phenols is 1. The monoisotopic (exact) mass is 479 g/mol. The topological polar surface area (TPSA) is 67.6 Å². The van der Waals surface area contributed by atoms with Gasteiger partial charge in [-0.25, -0.2) is 17.9 Å². The molecule has 9 heteroatoms. The zero-order valence-corrected chi connectivity index (χ0v) is 18.4. The second-order valence-electron chi connectivity index (χ2n) is 8.18. The van der Waals surface area contributed by atoms with E-state index in [9.17, 15) is 23.1 Å². The van der Waals surface area contributed by atoms with Crippen molar-refractivity contribution in [1.29, 1.82) is 0 Å². The number of aromatic nitrogens is 2. The number of rotatable bonds is 6. The van der Waals surface area contributed by atoms with E-state index in [0.29, 0.717) is 29.8 Å². The van der Waals surface area contributed by atoms with E-state index < -0.39 is 23.7 Å². The van der Waals surface area contributed by atoms with Crippen molar-refractivity contribution in [1.82, 2.24) is 14.7 Å². The summed E-state index contributed by atoms with van der Waals surface area (Å²) in [7, 11) is 0. The summed E-state index contributed by atoms with van der Waals surface area (Å²) in [6, 6.07) is 15.4. The van der Waals surface area contributed by atoms with Crippen molar-refractivity contribution >= 4 is 5.91 Å². The average molecular weight is 479 g/mol. The Balaban J connectivity index is 1.53. The highest BCUT2D eigenvalue weighted by Gasteiger charge is 2.36. The van der Waals surface area contributed by atoms with Crippen LogP contribution >= 0.6 is 0 Å². The smallest absolute Gasteiger partial charge is 0.250 e. The molecule has 1 aromatic heterocycles. The molecule has 178 valence electrons. The molecule has 2 heterocycles. The van der Waals surface area contributed by atoms with E-state index in [0.717, 1.165) is 23.8 Å². The summed E-state index contributed by atoms with van der Waals surface area (Å²) in [5.74, 6) is -2.02. The van der Waals surface area contributed by atoms with E-state index in [-0.39, 0.29) is 24.0 Å². The van der Waals surface area contributed by atoms with Gasteiger partial charge in [0.2, 0.25) is 0 Å². The minimum absolute atomic E-state index is 0.136. The van der Waals surface area contributed by atoms with Gasteiger partial charge in [0.15, 0.2) is 6.23 Å². The van der Waals surface area contributed by atoms with E-state index in [1.165, 1.54) is 28.9 Å². The average Bonchev–Trinajstić information content (AvgIpc) is 3.42. The second-order valence-corrected chi connectivity index (χ2v) is 8.18. The molecular weight excluding hydrogens is 459 g/mol. The zero-order chi connectivity index (χ0) is 24.5. The van der Waals surface area contributed by atoms with Crippen LogP contribution < -0.4 is 0 Å². The lowest BCUT2D eigenvalue weighted by molar-refractivity contribution is -0.128. The maximum absolute atomic E-state index is 13.9. The standard InChI is InChI=1S/C26H20F3N3O3/c27-18-5-3-17(4-6-18)25-23(14-32(30-25)21-12-19(28)11-20(29)13-21)26-31(24(34)15-35-26)10-9-16-1-7-22(33)8-2-16/h1-8,11-14,26,33H,9-10,15H2/t26-/m1/s1. The lowest BCUT2D eigenvalue weighted by Crippen LogP contribution is -2.30. The van der Waals surface area contributed by atoms with Crippen LogP contribution in [0.3, 0.4) is 0 Å². The van der Waals surface area contributed by atoms with Crippen LogP contribution in [-0.4, -0.2) is 38.8 Å². The normalized spacial score (nSPS) is 15.7. The van der Waals surface area contributed by atoms with E-state index in [4.69, 9.17) is 4.74 Å². The third-order valence-electron chi connectivity index (χ3n) is 5.78. The number of ether oxygens (including phenoxy) is 1. The number of carbonyl (C=O) groups excluding carboxylic acids is 1. The van der Waals surface area contributed by atoms with Gasteiger partial charge in [-0.1, -0.05) is 12.1 Å². The summed E-state index contributed by atoms with van der Waals surface area (Å²) in [5, 5.41) is 14.0. The van der Waals surface area contributed by atoms with Gasteiger partial charge in [-0.2, -0.15) is 5.10 Å². The number of halogens is 3. The Labute approximate surface area is 198 Å². The first-order valence-electron chi connectivity index (χ1n) is 10.9. The summed E-state index contributed by atoms with van der Waals surface area (Å²) in [6.45, 7) is 0.194. The Bertz CT molecular complexity index is 1350. The summed E-state index contributed by atoms with van der Waals surface area (Å²) < 4.78 is 48.4. The Hall–Kier alpha value is -4.11. The highest BCUT2D eigenvalue weighted by molar-refractivity contribution is 5.80. The molecule has 1 N–H and O–H groups in total. The molecule has 5 rings (SSSR count).